The molecule has 0 radical (unpaired) electrons. The minimum atomic E-state index is -0.669. The molecule has 0 fully saturated rings. The van der Waals surface area contributed by atoms with Crippen LogP contribution in [0, 0.1) is 0 Å². The third-order valence-electron chi connectivity index (χ3n) is 2.30. The minimum Gasteiger partial charge on any atom is -0.347 e. The third-order valence-corrected chi connectivity index (χ3v) is 2.95. The van der Waals surface area contributed by atoms with Crippen molar-refractivity contribution in [3.8, 4) is 0 Å². The van der Waals surface area contributed by atoms with Crippen molar-refractivity contribution in [3.05, 3.63) is 10.5 Å². The molecule has 1 rings (SSSR count). The molecule has 1 amide bonds. The van der Waals surface area contributed by atoms with E-state index >= 15 is 0 Å². The van der Waals surface area contributed by atoms with E-state index in [1.165, 1.54) is 4.57 Å². The van der Waals surface area contributed by atoms with Crippen LogP contribution < -0.4 is 10.6 Å². The second-order valence-corrected chi connectivity index (χ2v) is 5.52. The fraction of sp³-hybridized carbons (Fsp3) is 0.700. The summed E-state index contributed by atoms with van der Waals surface area (Å²) in [5.74, 6) is 0.382. The van der Waals surface area contributed by atoms with E-state index in [0.29, 0.717) is 5.95 Å². The highest BCUT2D eigenvalue weighted by Crippen LogP contribution is 2.17. The van der Waals surface area contributed by atoms with Crippen LogP contribution in [0.15, 0.2) is 4.79 Å². The zero-order chi connectivity index (χ0) is 14.2. The minimum absolute atomic E-state index is 0.382. The van der Waals surface area contributed by atoms with Gasteiger partial charge in [0.05, 0.1) is 5.54 Å². The van der Waals surface area contributed by atoms with E-state index < -0.39 is 17.3 Å². The van der Waals surface area contributed by atoms with Crippen molar-refractivity contribution in [2.24, 2.45) is 7.05 Å². The molecule has 1 aromatic rings. The summed E-state index contributed by atoms with van der Waals surface area (Å²) < 4.78 is 3.00. The zero-order valence-corrected chi connectivity index (χ0v) is 12.2. The lowest BCUT2D eigenvalue weighted by Crippen LogP contribution is -2.44. The first-order chi connectivity index (χ1) is 8.07. The van der Waals surface area contributed by atoms with Gasteiger partial charge in [-0.15, -0.1) is 9.78 Å². The van der Waals surface area contributed by atoms with Gasteiger partial charge in [-0.2, -0.15) is 0 Å². The highest BCUT2D eigenvalue weighted by atomic mass is 35.5. The zero-order valence-electron chi connectivity index (χ0n) is 11.4. The predicted octanol–water partition coefficient (Wildman–Crippen LogP) is 0.870. The van der Waals surface area contributed by atoms with E-state index in [0.717, 1.165) is 9.10 Å². The molecule has 0 saturated heterocycles. The van der Waals surface area contributed by atoms with Crippen molar-refractivity contribution < 1.29 is 4.79 Å². The number of anilines is 1. The molecular formula is C10H18ClN5O2. The molecule has 1 heterocycles. The van der Waals surface area contributed by atoms with Crippen molar-refractivity contribution in [1.82, 2.24) is 18.8 Å². The lowest BCUT2D eigenvalue weighted by atomic mass is 10.1. The quantitative estimate of drug-likeness (QED) is 0.714. The molecule has 0 bridgehead atoms. The fourth-order valence-electron chi connectivity index (χ4n) is 1.31. The Balaban J connectivity index is 3.24. The molecule has 0 unspecified atom stereocenters. The maximum atomic E-state index is 12.1. The first-order valence-electron chi connectivity index (χ1n) is 5.41. The Bertz CT molecular complexity index is 511. The SMILES string of the molecule is CN(C)c1nn(C(=O)N(Cl)C(C)(C)C)c(=O)n1C. The number of amides is 1. The van der Waals surface area contributed by atoms with Crippen LogP contribution in [-0.4, -0.2) is 44.4 Å². The molecule has 0 N–H and O–H groups in total. The first kappa shape index (κ1) is 14.6. The Morgan fingerprint density at radius 1 is 1.33 bits per heavy atom. The van der Waals surface area contributed by atoms with Crippen LogP contribution in [0.4, 0.5) is 10.7 Å². The van der Waals surface area contributed by atoms with Gasteiger partial charge < -0.3 is 4.90 Å². The first-order valence-corrected chi connectivity index (χ1v) is 5.75. The maximum Gasteiger partial charge on any atom is 0.364 e. The summed E-state index contributed by atoms with van der Waals surface area (Å²) in [7, 11) is 5.02. The summed E-state index contributed by atoms with van der Waals surface area (Å²) in [5, 5.41) is 3.96. The van der Waals surface area contributed by atoms with Crippen LogP contribution in [0.2, 0.25) is 0 Å². The van der Waals surface area contributed by atoms with Gasteiger partial charge in [-0.25, -0.2) is 14.0 Å². The topological polar surface area (TPSA) is 63.4 Å². The molecule has 0 aliphatic carbocycles. The van der Waals surface area contributed by atoms with Crippen LogP contribution in [-0.2, 0) is 7.05 Å². The van der Waals surface area contributed by atoms with Gasteiger partial charge >= 0.3 is 11.7 Å². The van der Waals surface area contributed by atoms with E-state index in [1.807, 2.05) is 0 Å². The van der Waals surface area contributed by atoms with E-state index in [1.54, 1.807) is 46.8 Å². The Kier molecular flexibility index (Phi) is 3.75. The van der Waals surface area contributed by atoms with Gasteiger partial charge in [0.25, 0.3) is 0 Å². The number of carbonyl (C=O) groups is 1. The molecule has 0 aliphatic rings. The molecule has 8 heteroatoms. The Morgan fingerprint density at radius 3 is 2.17 bits per heavy atom. The summed E-state index contributed by atoms with van der Waals surface area (Å²) in [6.45, 7) is 5.29. The molecule has 0 aromatic carbocycles. The molecule has 7 nitrogen and oxygen atoms in total. The van der Waals surface area contributed by atoms with Crippen LogP contribution in [0.1, 0.15) is 20.8 Å². The molecular weight excluding hydrogens is 258 g/mol. The Hall–Kier alpha value is -1.50. The predicted molar refractivity (Wildman–Crippen MR) is 70.0 cm³/mol. The molecule has 0 aliphatic heterocycles. The lowest BCUT2D eigenvalue weighted by molar-refractivity contribution is 0.196. The van der Waals surface area contributed by atoms with Crippen molar-refractivity contribution >= 4 is 23.8 Å². The average molecular weight is 276 g/mol. The van der Waals surface area contributed by atoms with Crippen LogP contribution in [0.25, 0.3) is 0 Å². The number of nitrogens with zero attached hydrogens (tertiary/aromatic N) is 5. The number of aromatic nitrogens is 3. The number of rotatable bonds is 1. The van der Waals surface area contributed by atoms with Crippen LogP contribution in [0.5, 0.6) is 0 Å². The standard InChI is InChI=1S/C10H18ClN5O2/c1-10(2,3)16(11)9(18)15-8(17)14(6)7(12-15)13(4)5/h1-6H3. The number of hydrogen-bond donors (Lipinski definition) is 0. The van der Waals surface area contributed by atoms with Gasteiger partial charge in [-0.05, 0) is 20.8 Å². The van der Waals surface area contributed by atoms with Gasteiger partial charge in [-0.1, -0.05) is 0 Å². The molecule has 0 atom stereocenters. The third kappa shape index (κ3) is 2.50. The molecule has 18 heavy (non-hydrogen) atoms. The molecule has 0 spiro atoms. The number of hydrogen-bond acceptors (Lipinski definition) is 4. The molecule has 1 aromatic heterocycles. The van der Waals surface area contributed by atoms with E-state index in [-0.39, 0.29) is 0 Å². The smallest absolute Gasteiger partial charge is 0.347 e. The summed E-state index contributed by atoms with van der Waals surface area (Å²) in [6.07, 6.45) is 0. The van der Waals surface area contributed by atoms with Gasteiger partial charge in [0.1, 0.15) is 0 Å². The monoisotopic (exact) mass is 275 g/mol. The van der Waals surface area contributed by atoms with Crippen molar-refractivity contribution in [2.45, 2.75) is 26.3 Å². The molecule has 102 valence electrons. The fourth-order valence-corrected chi connectivity index (χ4v) is 1.38. The van der Waals surface area contributed by atoms with Gasteiger partial charge in [0.2, 0.25) is 5.95 Å². The second kappa shape index (κ2) is 4.64. The van der Waals surface area contributed by atoms with E-state index in [2.05, 4.69) is 5.10 Å². The summed E-state index contributed by atoms with van der Waals surface area (Å²) in [5.41, 5.74) is -1.13. The largest absolute Gasteiger partial charge is 0.364 e. The molecule has 0 saturated carbocycles. The normalized spacial score (nSPS) is 11.5. The second-order valence-electron chi connectivity index (χ2n) is 5.18. The lowest BCUT2D eigenvalue weighted by Gasteiger charge is -2.27. The summed E-state index contributed by atoms with van der Waals surface area (Å²) in [6, 6.07) is -0.669. The van der Waals surface area contributed by atoms with Crippen LogP contribution in [0.3, 0.4) is 0 Å². The van der Waals surface area contributed by atoms with Gasteiger partial charge in [0.15, 0.2) is 0 Å². The highest BCUT2D eigenvalue weighted by molar-refractivity contribution is 6.21. The number of halogens is 1. The maximum absolute atomic E-state index is 12.1. The van der Waals surface area contributed by atoms with Crippen molar-refractivity contribution in [3.63, 3.8) is 0 Å². The van der Waals surface area contributed by atoms with Gasteiger partial charge in [0, 0.05) is 32.9 Å². The highest BCUT2D eigenvalue weighted by Gasteiger charge is 2.29. The van der Waals surface area contributed by atoms with Crippen molar-refractivity contribution in [2.75, 3.05) is 19.0 Å². The Morgan fingerprint density at radius 2 is 1.83 bits per heavy atom. The van der Waals surface area contributed by atoms with Crippen LogP contribution >= 0.6 is 11.8 Å². The average Bonchev–Trinajstić information content (AvgIpc) is 2.53. The number of carbonyl (C=O) groups excluding carboxylic acids is 1. The summed E-state index contributed by atoms with van der Waals surface area (Å²) in [4.78, 5) is 25.6. The Labute approximate surface area is 111 Å². The van der Waals surface area contributed by atoms with E-state index in [9.17, 15) is 9.59 Å². The van der Waals surface area contributed by atoms with E-state index in [4.69, 9.17) is 11.8 Å². The summed E-state index contributed by atoms with van der Waals surface area (Å²) >= 11 is 5.92. The van der Waals surface area contributed by atoms with Crippen molar-refractivity contribution in [1.29, 1.82) is 0 Å². The van der Waals surface area contributed by atoms with Gasteiger partial charge in [-0.3, -0.25) is 4.57 Å².